The molecule has 0 spiro atoms. The molecule has 1 fully saturated rings. The van der Waals surface area contributed by atoms with Crippen LogP contribution in [0.3, 0.4) is 0 Å². The maximum absolute atomic E-state index is 12.9. The number of hydrogen-bond acceptors (Lipinski definition) is 5. The van der Waals surface area contributed by atoms with Crippen LogP contribution in [0.15, 0.2) is 41.8 Å². The topological polar surface area (TPSA) is 76.5 Å². The quantitative estimate of drug-likeness (QED) is 0.644. The molecule has 0 atom stereocenters. The fourth-order valence-electron chi connectivity index (χ4n) is 3.96. The van der Waals surface area contributed by atoms with Gasteiger partial charge in [-0.15, -0.1) is 11.3 Å². The Morgan fingerprint density at radius 1 is 1.26 bits per heavy atom. The number of nitrogens with one attached hydrogen (secondary N) is 1. The summed E-state index contributed by atoms with van der Waals surface area (Å²) in [6, 6.07) is 11.8. The van der Waals surface area contributed by atoms with Crippen molar-refractivity contribution >= 4 is 23.2 Å². The van der Waals surface area contributed by atoms with Gasteiger partial charge in [0.25, 0.3) is 11.8 Å². The van der Waals surface area contributed by atoms with Crippen LogP contribution in [-0.2, 0) is 19.5 Å². The summed E-state index contributed by atoms with van der Waals surface area (Å²) < 4.78 is 7.25. The van der Waals surface area contributed by atoms with E-state index in [2.05, 4.69) is 5.32 Å². The van der Waals surface area contributed by atoms with Crippen molar-refractivity contribution in [2.45, 2.75) is 38.4 Å². The number of carbonyl (C=O) groups is 2. The Labute approximate surface area is 184 Å². The van der Waals surface area contributed by atoms with Gasteiger partial charge in [0.15, 0.2) is 5.69 Å². The number of nitrogens with zero attached hydrogens (tertiary/aromatic N) is 3. The number of thiophene rings is 1. The minimum atomic E-state index is -0.145. The lowest BCUT2D eigenvalue weighted by atomic mass is 10.0. The molecular formula is C23H24N4O3S. The lowest BCUT2D eigenvalue weighted by molar-refractivity contribution is 0.0735. The van der Waals surface area contributed by atoms with E-state index >= 15 is 0 Å². The Morgan fingerprint density at radius 3 is 2.87 bits per heavy atom. The van der Waals surface area contributed by atoms with Crippen LogP contribution in [0.2, 0.25) is 0 Å². The molecule has 0 radical (unpaired) electrons. The van der Waals surface area contributed by atoms with Gasteiger partial charge in [-0.05, 0) is 42.0 Å². The zero-order chi connectivity index (χ0) is 21.4. The van der Waals surface area contributed by atoms with Crippen LogP contribution >= 0.6 is 11.3 Å². The van der Waals surface area contributed by atoms with Gasteiger partial charge in [-0.2, -0.15) is 5.10 Å². The van der Waals surface area contributed by atoms with E-state index in [9.17, 15) is 9.59 Å². The standard InChI is InChI=1S/C23H24N4O3S/c1-30-17-5-2-4-15(12-17)13-27-19-9-10-26(23(29)20-6-3-11-31-20)14-18(19)21(25-27)22(28)24-16-7-8-16/h2-6,11-12,16H,7-10,13-14H2,1H3,(H,24,28). The minimum absolute atomic E-state index is 0.00902. The summed E-state index contributed by atoms with van der Waals surface area (Å²) in [6.07, 6.45) is 2.70. The molecule has 0 bridgehead atoms. The number of hydrogen-bond donors (Lipinski definition) is 1. The van der Waals surface area contributed by atoms with E-state index in [-0.39, 0.29) is 17.9 Å². The third kappa shape index (κ3) is 4.07. The van der Waals surface area contributed by atoms with Crippen LogP contribution in [0.1, 0.15) is 49.8 Å². The van der Waals surface area contributed by atoms with Crippen molar-refractivity contribution in [2.75, 3.05) is 13.7 Å². The number of aromatic nitrogens is 2. The first kappa shape index (κ1) is 19.8. The van der Waals surface area contributed by atoms with E-state index in [1.807, 2.05) is 51.4 Å². The third-order valence-electron chi connectivity index (χ3n) is 5.75. The molecule has 1 aromatic carbocycles. The highest BCUT2D eigenvalue weighted by Gasteiger charge is 2.32. The summed E-state index contributed by atoms with van der Waals surface area (Å²) >= 11 is 1.44. The van der Waals surface area contributed by atoms with E-state index in [1.165, 1.54) is 11.3 Å². The second-order valence-electron chi connectivity index (χ2n) is 7.98. The maximum atomic E-state index is 12.9. The normalized spacial score (nSPS) is 15.5. The third-order valence-corrected chi connectivity index (χ3v) is 6.61. The molecule has 3 aromatic rings. The molecule has 2 aromatic heterocycles. The Morgan fingerprint density at radius 2 is 2.13 bits per heavy atom. The summed E-state index contributed by atoms with van der Waals surface area (Å²) in [5.41, 5.74) is 3.38. The van der Waals surface area contributed by atoms with Crippen molar-refractivity contribution in [1.29, 1.82) is 0 Å². The predicted octanol–water partition coefficient (Wildman–Crippen LogP) is 3.09. The Balaban J connectivity index is 1.46. The summed E-state index contributed by atoms with van der Waals surface area (Å²) in [7, 11) is 1.65. The molecule has 0 unspecified atom stereocenters. The van der Waals surface area contributed by atoms with E-state index in [1.54, 1.807) is 7.11 Å². The van der Waals surface area contributed by atoms with Crippen molar-refractivity contribution in [3.8, 4) is 5.75 Å². The van der Waals surface area contributed by atoms with Crippen LogP contribution in [0, 0.1) is 0 Å². The first-order valence-electron chi connectivity index (χ1n) is 10.5. The lowest BCUT2D eigenvalue weighted by Crippen LogP contribution is -2.37. The SMILES string of the molecule is COc1cccc(Cn2nc(C(=O)NC3CC3)c3c2CCN(C(=O)c2cccs2)C3)c1. The molecule has 1 saturated carbocycles. The maximum Gasteiger partial charge on any atom is 0.272 e. The zero-order valence-corrected chi connectivity index (χ0v) is 18.2. The van der Waals surface area contributed by atoms with Crippen molar-refractivity contribution in [2.24, 2.45) is 0 Å². The number of rotatable bonds is 6. The molecule has 31 heavy (non-hydrogen) atoms. The van der Waals surface area contributed by atoms with Crippen LogP contribution in [0.4, 0.5) is 0 Å². The van der Waals surface area contributed by atoms with Crippen LogP contribution in [-0.4, -0.2) is 46.2 Å². The highest BCUT2D eigenvalue weighted by atomic mass is 32.1. The first-order valence-corrected chi connectivity index (χ1v) is 11.4. The molecule has 5 rings (SSSR count). The molecule has 8 heteroatoms. The molecule has 3 heterocycles. The van der Waals surface area contributed by atoms with Gasteiger partial charge in [-0.3, -0.25) is 14.3 Å². The van der Waals surface area contributed by atoms with Crippen molar-refractivity contribution in [3.05, 3.63) is 69.2 Å². The van der Waals surface area contributed by atoms with E-state index in [0.29, 0.717) is 31.7 Å². The van der Waals surface area contributed by atoms with Gasteiger partial charge in [-0.1, -0.05) is 18.2 Å². The van der Waals surface area contributed by atoms with Crippen molar-refractivity contribution in [3.63, 3.8) is 0 Å². The minimum Gasteiger partial charge on any atom is -0.497 e. The second kappa shape index (κ2) is 8.19. The molecule has 0 saturated heterocycles. The summed E-state index contributed by atoms with van der Waals surface area (Å²) in [4.78, 5) is 28.4. The Hall–Kier alpha value is -3.13. The zero-order valence-electron chi connectivity index (χ0n) is 17.3. The van der Waals surface area contributed by atoms with E-state index < -0.39 is 0 Å². The average molecular weight is 437 g/mol. The van der Waals surface area contributed by atoms with Crippen LogP contribution in [0.25, 0.3) is 0 Å². The summed E-state index contributed by atoms with van der Waals surface area (Å²) in [5, 5.41) is 9.67. The van der Waals surface area contributed by atoms with Gasteiger partial charge in [0.05, 0.1) is 25.1 Å². The number of fused-ring (bicyclic) bond motifs is 1. The first-order chi connectivity index (χ1) is 15.1. The molecule has 2 aliphatic rings. The molecule has 7 nitrogen and oxygen atoms in total. The van der Waals surface area contributed by atoms with Crippen molar-refractivity contribution in [1.82, 2.24) is 20.0 Å². The van der Waals surface area contributed by atoms with Gasteiger partial charge in [-0.25, -0.2) is 0 Å². The van der Waals surface area contributed by atoms with Gasteiger partial charge in [0.2, 0.25) is 0 Å². The average Bonchev–Trinajstić information content (AvgIpc) is 3.30. The molecular weight excluding hydrogens is 412 g/mol. The number of benzene rings is 1. The summed E-state index contributed by atoms with van der Waals surface area (Å²) in [6.45, 7) is 1.56. The van der Waals surface area contributed by atoms with Gasteiger partial charge < -0.3 is 15.0 Å². The van der Waals surface area contributed by atoms with Gasteiger partial charge in [0.1, 0.15) is 5.75 Å². The van der Waals surface area contributed by atoms with E-state index in [4.69, 9.17) is 9.84 Å². The van der Waals surface area contributed by atoms with Crippen molar-refractivity contribution < 1.29 is 14.3 Å². The van der Waals surface area contributed by atoms with Crippen LogP contribution in [0.5, 0.6) is 5.75 Å². The molecule has 1 N–H and O–H groups in total. The Kier molecular flexibility index (Phi) is 5.23. The number of amides is 2. The molecule has 2 amide bonds. The van der Waals surface area contributed by atoms with Gasteiger partial charge in [0, 0.05) is 30.3 Å². The summed E-state index contributed by atoms with van der Waals surface area (Å²) in [5.74, 6) is 0.654. The molecule has 160 valence electrons. The number of ether oxygens (including phenoxy) is 1. The smallest absolute Gasteiger partial charge is 0.272 e. The highest BCUT2D eigenvalue weighted by molar-refractivity contribution is 7.12. The van der Waals surface area contributed by atoms with Crippen LogP contribution < -0.4 is 10.1 Å². The molecule has 1 aliphatic heterocycles. The monoisotopic (exact) mass is 436 g/mol. The fourth-order valence-corrected chi connectivity index (χ4v) is 4.65. The largest absolute Gasteiger partial charge is 0.497 e. The van der Waals surface area contributed by atoms with E-state index in [0.717, 1.165) is 40.3 Å². The lowest BCUT2D eigenvalue weighted by Gasteiger charge is -2.27. The highest BCUT2D eigenvalue weighted by Crippen LogP contribution is 2.27. The Bertz CT molecular complexity index is 1120. The fraction of sp³-hybridized carbons (Fsp3) is 0.348. The predicted molar refractivity (Wildman–Crippen MR) is 118 cm³/mol. The number of methoxy groups -OCH3 is 1. The number of carbonyl (C=O) groups excluding carboxylic acids is 2. The van der Waals surface area contributed by atoms with Gasteiger partial charge >= 0.3 is 0 Å². The second-order valence-corrected chi connectivity index (χ2v) is 8.93. The molecule has 1 aliphatic carbocycles.